The number of carboxylic acid groups (broad SMARTS) is 1. The monoisotopic (exact) mass is 209 g/mol. The van der Waals surface area contributed by atoms with Gasteiger partial charge in [0.05, 0.1) is 6.26 Å². The maximum absolute atomic E-state index is 10.4. The van der Waals surface area contributed by atoms with E-state index in [0.29, 0.717) is 16.2 Å². The van der Waals surface area contributed by atoms with Gasteiger partial charge in [-0.1, -0.05) is 11.6 Å². The minimum atomic E-state index is -1.13. The second-order valence-corrected chi connectivity index (χ2v) is 3.39. The Kier molecular flexibility index (Phi) is 2.17. The molecule has 0 aliphatic rings. The van der Waals surface area contributed by atoms with Gasteiger partial charge in [-0.15, -0.1) is 0 Å². The third-order valence-corrected chi connectivity index (χ3v) is 2.19. The Bertz CT molecular complexity index is 487. The number of rotatable bonds is 2. The number of fused-ring (bicyclic) bond motifs is 1. The second-order valence-electron chi connectivity index (χ2n) is 2.95. The highest BCUT2D eigenvalue weighted by atomic mass is 35.5. The topological polar surface area (TPSA) is 53.3 Å². The van der Waals surface area contributed by atoms with Crippen LogP contribution < -0.4 is 5.11 Å². The number of carboxylic acids is 1. The van der Waals surface area contributed by atoms with E-state index < -0.39 is 5.97 Å². The van der Waals surface area contributed by atoms with Crippen LogP contribution in [0.5, 0.6) is 0 Å². The lowest BCUT2D eigenvalue weighted by Gasteiger charge is -1.98. The molecule has 1 aromatic carbocycles. The van der Waals surface area contributed by atoms with Gasteiger partial charge in [0, 0.05) is 28.4 Å². The zero-order chi connectivity index (χ0) is 10.1. The van der Waals surface area contributed by atoms with Crippen LogP contribution in [-0.4, -0.2) is 5.97 Å². The van der Waals surface area contributed by atoms with Crippen molar-refractivity contribution in [3.05, 3.63) is 35.0 Å². The van der Waals surface area contributed by atoms with Crippen LogP contribution in [0.2, 0.25) is 5.02 Å². The molecule has 0 amide bonds. The number of carbonyl (C=O) groups is 1. The van der Waals surface area contributed by atoms with Gasteiger partial charge in [0.25, 0.3) is 0 Å². The third kappa shape index (κ3) is 1.59. The minimum absolute atomic E-state index is 0.159. The lowest BCUT2D eigenvalue weighted by Crippen LogP contribution is -2.24. The van der Waals surface area contributed by atoms with E-state index in [0.717, 1.165) is 5.39 Å². The van der Waals surface area contributed by atoms with Crippen molar-refractivity contribution < 1.29 is 14.3 Å². The molecule has 72 valence electrons. The molecule has 2 aromatic rings. The smallest absolute Gasteiger partial charge is 0.134 e. The Hall–Kier alpha value is -1.48. The lowest BCUT2D eigenvalue weighted by molar-refractivity contribution is -0.304. The molecule has 0 fully saturated rings. The van der Waals surface area contributed by atoms with Crippen molar-refractivity contribution in [3.8, 4) is 0 Å². The Morgan fingerprint density at radius 1 is 1.50 bits per heavy atom. The molecule has 0 N–H and O–H groups in total. The van der Waals surface area contributed by atoms with Crippen molar-refractivity contribution in [2.45, 2.75) is 6.42 Å². The first kappa shape index (κ1) is 9.09. The van der Waals surface area contributed by atoms with E-state index in [2.05, 4.69) is 0 Å². The molecule has 0 spiro atoms. The van der Waals surface area contributed by atoms with E-state index in [9.17, 15) is 9.90 Å². The average Bonchev–Trinajstić information content (AvgIpc) is 2.47. The fraction of sp³-hybridized carbons (Fsp3) is 0.100. The molecule has 0 saturated carbocycles. The van der Waals surface area contributed by atoms with Crippen LogP contribution in [0.1, 0.15) is 5.56 Å². The van der Waals surface area contributed by atoms with Crippen molar-refractivity contribution in [3.63, 3.8) is 0 Å². The number of benzene rings is 1. The van der Waals surface area contributed by atoms with Crippen molar-refractivity contribution >= 4 is 28.5 Å². The summed E-state index contributed by atoms with van der Waals surface area (Å²) in [5.74, 6) is -1.13. The summed E-state index contributed by atoms with van der Waals surface area (Å²) >= 11 is 5.78. The van der Waals surface area contributed by atoms with Crippen LogP contribution in [-0.2, 0) is 11.2 Å². The van der Waals surface area contributed by atoms with Gasteiger partial charge in [-0.05, 0) is 18.2 Å². The van der Waals surface area contributed by atoms with Gasteiger partial charge in [0.1, 0.15) is 5.58 Å². The summed E-state index contributed by atoms with van der Waals surface area (Å²) in [6.07, 6.45) is 1.25. The molecule has 0 aliphatic carbocycles. The molecule has 0 bridgehead atoms. The molecule has 0 aliphatic heterocycles. The summed E-state index contributed by atoms with van der Waals surface area (Å²) in [6, 6.07) is 5.07. The number of halogens is 1. The van der Waals surface area contributed by atoms with E-state index in [-0.39, 0.29) is 6.42 Å². The molecular weight excluding hydrogens is 204 g/mol. The number of hydrogen-bond acceptors (Lipinski definition) is 3. The Morgan fingerprint density at radius 3 is 3.00 bits per heavy atom. The molecule has 0 saturated heterocycles. The van der Waals surface area contributed by atoms with E-state index in [1.165, 1.54) is 6.26 Å². The zero-order valence-electron chi connectivity index (χ0n) is 7.12. The summed E-state index contributed by atoms with van der Waals surface area (Å²) in [5.41, 5.74) is 1.22. The largest absolute Gasteiger partial charge is 0.550 e. The molecular formula is C10H6ClO3-. The van der Waals surface area contributed by atoms with Crippen molar-refractivity contribution in [1.29, 1.82) is 0 Å². The molecule has 0 unspecified atom stereocenters. The molecule has 3 nitrogen and oxygen atoms in total. The highest BCUT2D eigenvalue weighted by Crippen LogP contribution is 2.24. The summed E-state index contributed by atoms with van der Waals surface area (Å²) < 4.78 is 5.16. The Morgan fingerprint density at radius 2 is 2.29 bits per heavy atom. The van der Waals surface area contributed by atoms with Crippen LogP contribution in [0.25, 0.3) is 11.0 Å². The van der Waals surface area contributed by atoms with Crippen molar-refractivity contribution in [1.82, 2.24) is 0 Å². The quantitative estimate of drug-likeness (QED) is 0.751. The third-order valence-electron chi connectivity index (χ3n) is 1.95. The first-order valence-corrected chi connectivity index (χ1v) is 4.40. The predicted octanol–water partition coefficient (Wildman–Crippen LogP) is 1.38. The lowest BCUT2D eigenvalue weighted by atomic mass is 10.1. The molecule has 14 heavy (non-hydrogen) atoms. The Balaban J connectivity index is 2.55. The fourth-order valence-corrected chi connectivity index (χ4v) is 1.52. The summed E-state index contributed by atoms with van der Waals surface area (Å²) in [5, 5.41) is 11.7. The maximum atomic E-state index is 10.4. The highest BCUT2D eigenvalue weighted by Gasteiger charge is 2.06. The van der Waals surface area contributed by atoms with Gasteiger partial charge >= 0.3 is 0 Å². The average molecular weight is 210 g/mol. The van der Waals surface area contributed by atoms with E-state index in [1.54, 1.807) is 18.2 Å². The van der Waals surface area contributed by atoms with Crippen LogP contribution in [0.3, 0.4) is 0 Å². The first-order chi connectivity index (χ1) is 6.66. The summed E-state index contributed by atoms with van der Waals surface area (Å²) in [6.45, 7) is 0. The van der Waals surface area contributed by atoms with Crippen LogP contribution in [0.15, 0.2) is 28.9 Å². The SMILES string of the molecule is O=C([O-])Cc1coc2ccc(Cl)cc12. The van der Waals surface area contributed by atoms with Gasteiger partial charge in [0.2, 0.25) is 0 Å². The number of hydrogen-bond donors (Lipinski definition) is 0. The predicted molar refractivity (Wildman–Crippen MR) is 49.9 cm³/mol. The van der Waals surface area contributed by atoms with Gasteiger partial charge in [-0.3, -0.25) is 0 Å². The maximum Gasteiger partial charge on any atom is 0.134 e. The second kappa shape index (κ2) is 3.35. The number of carbonyl (C=O) groups excluding carboxylic acids is 1. The summed E-state index contributed by atoms with van der Waals surface area (Å²) in [4.78, 5) is 10.4. The van der Waals surface area contributed by atoms with E-state index in [4.69, 9.17) is 16.0 Å². The highest BCUT2D eigenvalue weighted by molar-refractivity contribution is 6.31. The molecule has 0 atom stereocenters. The number of aliphatic carboxylic acids is 1. The molecule has 2 rings (SSSR count). The number of furan rings is 1. The molecule has 1 heterocycles. The molecule has 4 heteroatoms. The normalized spacial score (nSPS) is 10.6. The van der Waals surface area contributed by atoms with Gasteiger partial charge in [0.15, 0.2) is 0 Å². The van der Waals surface area contributed by atoms with Gasteiger partial charge in [-0.2, -0.15) is 0 Å². The standard InChI is InChI=1S/C10H7ClO3/c11-7-1-2-9-8(4-7)6(5-14-9)3-10(12)13/h1-2,4-5H,3H2,(H,12,13)/p-1. The minimum Gasteiger partial charge on any atom is -0.550 e. The van der Waals surface area contributed by atoms with Crippen molar-refractivity contribution in [2.75, 3.05) is 0 Å². The van der Waals surface area contributed by atoms with Crippen LogP contribution >= 0.6 is 11.6 Å². The van der Waals surface area contributed by atoms with Gasteiger partial charge < -0.3 is 14.3 Å². The fourth-order valence-electron chi connectivity index (χ4n) is 1.35. The summed E-state index contributed by atoms with van der Waals surface area (Å²) in [7, 11) is 0. The molecule has 0 radical (unpaired) electrons. The van der Waals surface area contributed by atoms with E-state index in [1.807, 2.05) is 0 Å². The zero-order valence-corrected chi connectivity index (χ0v) is 7.88. The first-order valence-electron chi connectivity index (χ1n) is 4.02. The van der Waals surface area contributed by atoms with Crippen LogP contribution in [0, 0.1) is 0 Å². The van der Waals surface area contributed by atoms with Crippen LogP contribution in [0.4, 0.5) is 0 Å². The van der Waals surface area contributed by atoms with E-state index >= 15 is 0 Å². The van der Waals surface area contributed by atoms with Gasteiger partial charge in [-0.25, -0.2) is 0 Å². The Labute approximate surface area is 84.9 Å². The van der Waals surface area contributed by atoms with Crippen molar-refractivity contribution in [2.24, 2.45) is 0 Å². The molecule has 1 aromatic heterocycles.